The zero-order valence-electron chi connectivity index (χ0n) is 21.2. The molecule has 7 nitrogen and oxygen atoms in total. The summed E-state index contributed by atoms with van der Waals surface area (Å²) in [4.78, 5) is 15.1. The van der Waals surface area contributed by atoms with Gasteiger partial charge in [0.05, 0.1) is 31.7 Å². The molecule has 0 aliphatic carbocycles. The molecular formula is C29H35N3O4. The van der Waals surface area contributed by atoms with Gasteiger partial charge in [0.1, 0.15) is 18.1 Å². The highest BCUT2D eigenvalue weighted by atomic mass is 16.5. The molecule has 0 saturated carbocycles. The predicted octanol–water partition coefficient (Wildman–Crippen LogP) is 4.12. The molecule has 7 heteroatoms. The number of hydrogen-bond acceptors (Lipinski definition) is 5. The van der Waals surface area contributed by atoms with Crippen LogP contribution < -0.4 is 14.8 Å². The van der Waals surface area contributed by atoms with Gasteiger partial charge in [-0.1, -0.05) is 18.2 Å². The number of rotatable bonds is 9. The molecule has 1 fully saturated rings. The fourth-order valence-electron chi connectivity index (χ4n) is 5.08. The van der Waals surface area contributed by atoms with Crippen molar-refractivity contribution in [2.24, 2.45) is 0 Å². The Kier molecular flexibility index (Phi) is 7.58. The van der Waals surface area contributed by atoms with Crippen LogP contribution in [0.5, 0.6) is 11.5 Å². The van der Waals surface area contributed by atoms with E-state index in [1.807, 2.05) is 18.2 Å². The van der Waals surface area contributed by atoms with Crippen molar-refractivity contribution in [3.05, 3.63) is 65.4 Å². The quantitative estimate of drug-likeness (QED) is 0.458. The van der Waals surface area contributed by atoms with Gasteiger partial charge in [-0.2, -0.15) is 0 Å². The minimum atomic E-state index is 0.0789. The Morgan fingerprint density at radius 2 is 1.94 bits per heavy atom. The lowest BCUT2D eigenvalue weighted by Crippen LogP contribution is -2.38. The highest BCUT2D eigenvalue weighted by Crippen LogP contribution is 2.42. The zero-order valence-corrected chi connectivity index (χ0v) is 21.2. The Bertz CT molecular complexity index is 1210. The van der Waals surface area contributed by atoms with Gasteiger partial charge >= 0.3 is 0 Å². The van der Waals surface area contributed by atoms with E-state index in [0.29, 0.717) is 26.0 Å². The molecule has 190 valence electrons. The van der Waals surface area contributed by atoms with Crippen molar-refractivity contribution in [1.82, 2.24) is 14.8 Å². The first kappa shape index (κ1) is 24.4. The smallest absolute Gasteiger partial charge is 0.220 e. The summed E-state index contributed by atoms with van der Waals surface area (Å²) in [5, 5.41) is 3.10. The summed E-state index contributed by atoms with van der Waals surface area (Å²) in [6, 6.07) is 16.6. The van der Waals surface area contributed by atoms with Crippen LogP contribution in [-0.2, 0) is 22.6 Å². The highest BCUT2D eigenvalue weighted by molar-refractivity contribution is 5.78. The lowest BCUT2D eigenvalue weighted by atomic mass is 10.0. The van der Waals surface area contributed by atoms with Gasteiger partial charge in [-0.15, -0.1) is 0 Å². The van der Waals surface area contributed by atoms with Crippen LogP contribution in [0, 0.1) is 6.92 Å². The third-order valence-electron chi connectivity index (χ3n) is 6.94. The number of aromatic nitrogens is 1. The molecule has 1 aromatic heterocycles. The van der Waals surface area contributed by atoms with E-state index in [4.69, 9.17) is 14.2 Å². The maximum absolute atomic E-state index is 12.7. The number of hydrogen-bond donors (Lipinski definition) is 1. The molecule has 36 heavy (non-hydrogen) atoms. The molecular weight excluding hydrogens is 454 g/mol. The minimum absolute atomic E-state index is 0.0789. The van der Waals surface area contributed by atoms with Crippen molar-refractivity contribution in [2.75, 3.05) is 46.5 Å². The van der Waals surface area contributed by atoms with E-state index in [-0.39, 0.29) is 5.91 Å². The highest BCUT2D eigenvalue weighted by Gasteiger charge is 2.26. The second-order valence-corrected chi connectivity index (χ2v) is 9.46. The molecule has 0 atom stereocenters. The number of para-hydroxylation sites is 1. The van der Waals surface area contributed by atoms with Crippen molar-refractivity contribution in [2.45, 2.75) is 32.8 Å². The van der Waals surface area contributed by atoms with Gasteiger partial charge in [0.25, 0.3) is 0 Å². The zero-order chi connectivity index (χ0) is 24.9. The van der Waals surface area contributed by atoms with Crippen LogP contribution in [0.4, 0.5) is 0 Å². The number of ether oxygens (including phenoxy) is 3. The normalized spacial score (nSPS) is 15.1. The number of fused-ring (bicyclic) bond motifs is 3. The van der Waals surface area contributed by atoms with Crippen LogP contribution >= 0.6 is 0 Å². The second kappa shape index (κ2) is 11.2. The van der Waals surface area contributed by atoms with E-state index < -0.39 is 0 Å². The fourth-order valence-corrected chi connectivity index (χ4v) is 5.08. The van der Waals surface area contributed by atoms with E-state index in [1.165, 1.54) is 0 Å². The number of carbonyl (C=O) groups is 1. The standard InChI is InChI=1S/C29H35N3O4/c1-21-8-10-25(27(18-21)34-2)32-23(19-22-20-36-26-7-4-3-6-24(26)29(22)32)9-11-28(33)30-12-5-13-31-14-16-35-17-15-31/h3-4,6-8,10,18-19H,5,9,11-17,20H2,1-2H3,(H,30,33). The summed E-state index contributed by atoms with van der Waals surface area (Å²) in [7, 11) is 1.70. The molecule has 0 unspecified atom stereocenters. The lowest BCUT2D eigenvalue weighted by molar-refractivity contribution is -0.121. The van der Waals surface area contributed by atoms with Crippen molar-refractivity contribution in [3.63, 3.8) is 0 Å². The summed E-state index contributed by atoms with van der Waals surface area (Å²) < 4.78 is 19.5. The number of nitrogens with one attached hydrogen (secondary N) is 1. The molecule has 2 aromatic carbocycles. The third-order valence-corrected chi connectivity index (χ3v) is 6.94. The first-order chi connectivity index (χ1) is 17.6. The number of amides is 1. The predicted molar refractivity (Wildman–Crippen MR) is 140 cm³/mol. The van der Waals surface area contributed by atoms with E-state index in [0.717, 1.165) is 84.5 Å². The molecule has 1 N–H and O–H groups in total. The maximum atomic E-state index is 12.7. The van der Waals surface area contributed by atoms with Crippen LogP contribution in [0.2, 0.25) is 0 Å². The topological polar surface area (TPSA) is 65.0 Å². The number of morpholine rings is 1. The summed E-state index contributed by atoms with van der Waals surface area (Å²) in [6.07, 6.45) is 2.00. The maximum Gasteiger partial charge on any atom is 0.220 e. The average molecular weight is 490 g/mol. The second-order valence-electron chi connectivity index (χ2n) is 9.46. The summed E-state index contributed by atoms with van der Waals surface area (Å²) in [6.45, 7) is 7.82. The summed E-state index contributed by atoms with van der Waals surface area (Å²) >= 11 is 0. The van der Waals surface area contributed by atoms with Crippen LogP contribution in [0.15, 0.2) is 48.5 Å². The number of carbonyl (C=O) groups excluding carboxylic acids is 1. The third kappa shape index (κ3) is 5.27. The molecule has 0 radical (unpaired) electrons. The van der Waals surface area contributed by atoms with Gasteiger partial charge in [-0.25, -0.2) is 0 Å². The van der Waals surface area contributed by atoms with Crippen LogP contribution in [0.25, 0.3) is 16.9 Å². The summed E-state index contributed by atoms with van der Waals surface area (Å²) in [5.41, 5.74) is 6.48. The fraction of sp³-hybridized carbons (Fsp3) is 0.414. The number of methoxy groups -OCH3 is 1. The van der Waals surface area contributed by atoms with Crippen LogP contribution in [0.1, 0.15) is 29.7 Å². The van der Waals surface area contributed by atoms with E-state index in [9.17, 15) is 4.79 Å². The SMILES string of the molecule is COc1cc(C)ccc1-n1c(CCC(=O)NCCCN2CCOCC2)cc2c1-c1ccccc1OC2. The molecule has 0 bridgehead atoms. The number of benzene rings is 2. The minimum Gasteiger partial charge on any atom is -0.495 e. The van der Waals surface area contributed by atoms with Crippen LogP contribution in [0.3, 0.4) is 0 Å². The van der Waals surface area contributed by atoms with E-state index >= 15 is 0 Å². The average Bonchev–Trinajstić information content (AvgIpc) is 3.29. The summed E-state index contributed by atoms with van der Waals surface area (Å²) in [5.74, 6) is 1.77. The molecule has 2 aliphatic heterocycles. The van der Waals surface area contributed by atoms with Gasteiger partial charge in [0.15, 0.2) is 0 Å². The van der Waals surface area contributed by atoms with Crippen molar-refractivity contribution >= 4 is 5.91 Å². The molecule has 0 spiro atoms. The molecule has 5 rings (SSSR count). The first-order valence-electron chi connectivity index (χ1n) is 12.8. The molecule has 1 saturated heterocycles. The molecule has 2 aliphatic rings. The van der Waals surface area contributed by atoms with Gasteiger partial charge < -0.3 is 24.1 Å². The Labute approximate surface area is 213 Å². The number of aryl methyl sites for hydroxylation is 2. The largest absolute Gasteiger partial charge is 0.495 e. The van der Waals surface area contributed by atoms with Gasteiger partial charge in [0, 0.05) is 42.9 Å². The molecule has 1 amide bonds. The number of nitrogens with zero attached hydrogens (tertiary/aromatic N) is 2. The molecule has 3 aromatic rings. The monoisotopic (exact) mass is 489 g/mol. The Hall–Kier alpha value is -3.29. The Morgan fingerprint density at radius 1 is 1.11 bits per heavy atom. The van der Waals surface area contributed by atoms with E-state index in [2.05, 4.69) is 52.0 Å². The Morgan fingerprint density at radius 3 is 2.78 bits per heavy atom. The Balaban J connectivity index is 1.34. The van der Waals surface area contributed by atoms with Gasteiger partial charge in [-0.3, -0.25) is 9.69 Å². The van der Waals surface area contributed by atoms with Gasteiger partial charge in [0.2, 0.25) is 5.91 Å². The van der Waals surface area contributed by atoms with Gasteiger partial charge in [-0.05, 0) is 62.2 Å². The van der Waals surface area contributed by atoms with Crippen molar-refractivity contribution in [1.29, 1.82) is 0 Å². The molecule has 3 heterocycles. The lowest BCUT2D eigenvalue weighted by Gasteiger charge is -2.26. The first-order valence-corrected chi connectivity index (χ1v) is 12.8. The van der Waals surface area contributed by atoms with E-state index in [1.54, 1.807) is 7.11 Å². The van der Waals surface area contributed by atoms with Crippen molar-refractivity contribution < 1.29 is 19.0 Å². The van der Waals surface area contributed by atoms with Crippen molar-refractivity contribution in [3.8, 4) is 28.4 Å². The van der Waals surface area contributed by atoms with Crippen LogP contribution in [-0.4, -0.2) is 61.9 Å².